The quantitative estimate of drug-likeness (QED) is 0.511. The molecule has 0 fully saturated rings. The molecule has 0 saturated carbocycles. The van der Waals surface area contributed by atoms with Gasteiger partial charge in [0.1, 0.15) is 0 Å². The first-order chi connectivity index (χ1) is 4.31. The molecule has 0 heterocycles. The van der Waals surface area contributed by atoms with Gasteiger partial charge in [0.2, 0.25) is 0 Å². The van der Waals surface area contributed by atoms with Gasteiger partial charge in [-0.3, -0.25) is 4.99 Å². The van der Waals surface area contributed by atoms with Crippen LogP contribution >= 0.6 is 0 Å². The third kappa shape index (κ3) is 5.01. The lowest BCUT2D eigenvalue weighted by molar-refractivity contribution is 1.21. The SMILES string of the molecule is C=C/C(C)=N\C=C/CC. The van der Waals surface area contributed by atoms with Crippen molar-refractivity contribution < 1.29 is 0 Å². The van der Waals surface area contributed by atoms with Gasteiger partial charge in [0.05, 0.1) is 0 Å². The van der Waals surface area contributed by atoms with E-state index in [9.17, 15) is 0 Å². The van der Waals surface area contributed by atoms with E-state index >= 15 is 0 Å². The molecule has 0 saturated heterocycles. The molecular weight excluding hydrogens is 110 g/mol. The van der Waals surface area contributed by atoms with E-state index in [-0.39, 0.29) is 0 Å². The summed E-state index contributed by atoms with van der Waals surface area (Å²) in [5, 5.41) is 0. The summed E-state index contributed by atoms with van der Waals surface area (Å²) in [6, 6.07) is 0. The fourth-order valence-electron chi connectivity index (χ4n) is 0.328. The maximum Gasteiger partial charge on any atom is 0.0366 e. The van der Waals surface area contributed by atoms with Crippen molar-refractivity contribution in [1.82, 2.24) is 0 Å². The summed E-state index contributed by atoms with van der Waals surface area (Å²) in [7, 11) is 0. The lowest BCUT2D eigenvalue weighted by atomic mass is 10.4. The molecule has 0 N–H and O–H groups in total. The molecule has 0 amide bonds. The molecule has 0 aromatic rings. The van der Waals surface area contributed by atoms with Gasteiger partial charge in [-0.25, -0.2) is 0 Å². The van der Waals surface area contributed by atoms with Gasteiger partial charge in [0.25, 0.3) is 0 Å². The van der Waals surface area contributed by atoms with Gasteiger partial charge in [0.15, 0.2) is 0 Å². The predicted octanol–water partition coefficient (Wildman–Crippen LogP) is 2.56. The normalized spacial score (nSPS) is 12.4. The highest BCUT2D eigenvalue weighted by Gasteiger charge is 1.73. The van der Waals surface area contributed by atoms with Crippen LogP contribution in [0.15, 0.2) is 29.9 Å². The Labute approximate surface area is 56.8 Å². The molecule has 0 atom stereocenters. The summed E-state index contributed by atoms with van der Waals surface area (Å²) in [5.41, 5.74) is 0.958. The summed E-state index contributed by atoms with van der Waals surface area (Å²) in [5.74, 6) is 0. The molecule has 0 aromatic carbocycles. The Morgan fingerprint density at radius 2 is 2.33 bits per heavy atom. The van der Waals surface area contributed by atoms with Gasteiger partial charge in [-0.2, -0.15) is 0 Å². The van der Waals surface area contributed by atoms with Gasteiger partial charge in [-0.05, 0) is 19.4 Å². The fraction of sp³-hybridized carbons (Fsp3) is 0.375. The first kappa shape index (κ1) is 8.15. The molecule has 0 aliphatic rings. The first-order valence-electron chi connectivity index (χ1n) is 3.13. The third-order valence-corrected chi connectivity index (χ3v) is 0.915. The van der Waals surface area contributed by atoms with Crippen LogP contribution in [0, 0.1) is 0 Å². The number of nitrogens with zero attached hydrogens (tertiary/aromatic N) is 1. The third-order valence-electron chi connectivity index (χ3n) is 0.915. The standard InChI is InChI=1S/C8H13N/c1-4-6-7-9-8(3)5-2/h5-7H,2,4H2,1,3H3/b7-6-,9-8-. The maximum atomic E-state index is 4.05. The Morgan fingerprint density at radius 3 is 2.78 bits per heavy atom. The molecule has 0 unspecified atom stereocenters. The van der Waals surface area contributed by atoms with Gasteiger partial charge < -0.3 is 0 Å². The van der Waals surface area contributed by atoms with Crippen molar-refractivity contribution in [2.45, 2.75) is 20.3 Å². The van der Waals surface area contributed by atoms with E-state index < -0.39 is 0 Å². The van der Waals surface area contributed by atoms with Crippen LogP contribution in [0.1, 0.15) is 20.3 Å². The number of rotatable bonds is 3. The highest BCUT2D eigenvalue weighted by Crippen LogP contribution is 1.83. The minimum absolute atomic E-state index is 0.958. The van der Waals surface area contributed by atoms with Crippen LogP contribution in [-0.2, 0) is 0 Å². The molecule has 1 heteroatoms. The Hall–Kier alpha value is -0.850. The fourth-order valence-corrected chi connectivity index (χ4v) is 0.328. The minimum atomic E-state index is 0.958. The van der Waals surface area contributed by atoms with Crippen LogP contribution in [-0.4, -0.2) is 5.71 Å². The summed E-state index contributed by atoms with van der Waals surface area (Å²) in [6.45, 7) is 7.58. The summed E-state index contributed by atoms with van der Waals surface area (Å²) in [4.78, 5) is 4.05. The molecule has 1 nitrogen and oxygen atoms in total. The average molecular weight is 123 g/mol. The van der Waals surface area contributed by atoms with Crippen LogP contribution < -0.4 is 0 Å². The van der Waals surface area contributed by atoms with Crippen LogP contribution in [0.2, 0.25) is 0 Å². The van der Waals surface area contributed by atoms with Crippen molar-refractivity contribution in [2.24, 2.45) is 4.99 Å². The van der Waals surface area contributed by atoms with Gasteiger partial charge in [-0.1, -0.05) is 19.6 Å². The number of allylic oxidation sites excluding steroid dienone is 2. The van der Waals surface area contributed by atoms with Crippen LogP contribution in [0.5, 0.6) is 0 Å². The second kappa shape index (κ2) is 5.29. The molecule has 9 heavy (non-hydrogen) atoms. The first-order valence-corrected chi connectivity index (χ1v) is 3.13. The lowest BCUT2D eigenvalue weighted by Gasteiger charge is -1.82. The van der Waals surface area contributed by atoms with Crippen molar-refractivity contribution in [3.05, 3.63) is 24.9 Å². The Balaban J connectivity index is 3.68. The maximum absolute atomic E-state index is 4.05. The van der Waals surface area contributed by atoms with Crippen molar-refractivity contribution in [1.29, 1.82) is 0 Å². The largest absolute Gasteiger partial charge is 0.262 e. The smallest absolute Gasteiger partial charge is 0.0366 e. The molecule has 0 aliphatic heterocycles. The molecule has 0 bridgehead atoms. The zero-order valence-corrected chi connectivity index (χ0v) is 6.09. The van der Waals surface area contributed by atoms with E-state index in [0.717, 1.165) is 12.1 Å². The highest BCUT2D eigenvalue weighted by atomic mass is 14.7. The molecule has 50 valence electrons. The van der Waals surface area contributed by atoms with Crippen molar-refractivity contribution in [3.8, 4) is 0 Å². The summed E-state index contributed by atoms with van der Waals surface area (Å²) in [6.07, 6.45) is 6.58. The van der Waals surface area contributed by atoms with E-state index in [0.29, 0.717) is 0 Å². The average Bonchev–Trinajstić information content (AvgIpc) is 1.89. The van der Waals surface area contributed by atoms with E-state index in [1.165, 1.54) is 0 Å². The van der Waals surface area contributed by atoms with E-state index in [1.54, 1.807) is 12.3 Å². The number of hydrogen-bond acceptors (Lipinski definition) is 1. The molecule has 0 aliphatic carbocycles. The number of hydrogen-bond donors (Lipinski definition) is 0. The molecule has 0 radical (unpaired) electrons. The minimum Gasteiger partial charge on any atom is -0.262 e. The van der Waals surface area contributed by atoms with Crippen LogP contribution in [0.3, 0.4) is 0 Å². The second-order valence-electron chi connectivity index (χ2n) is 1.77. The summed E-state index contributed by atoms with van der Waals surface area (Å²) >= 11 is 0. The van der Waals surface area contributed by atoms with E-state index in [2.05, 4.69) is 18.5 Å². The van der Waals surface area contributed by atoms with Crippen molar-refractivity contribution in [3.63, 3.8) is 0 Å². The predicted molar refractivity (Wildman–Crippen MR) is 42.7 cm³/mol. The van der Waals surface area contributed by atoms with Crippen LogP contribution in [0.4, 0.5) is 0 Å². The van der Waals surface area contributed by atoms with Crippen LogP contribution in [0.25, 0.3) is 0 Å². The molecule has 0 spiro atoms. The summed E-state index contributed by atoms with van der Waals surface area (Å²) < 4.78 is 0. The van der Waals surface area contributed by atoms with Gasteiger partial charge >= 0.3 is 0 Å². The Kier molecular flexibility index (Phi) is 4.79. The molecule has 0 aromatic heterocycles. The van der Waals surface area contributed by atoms with Crippen molar-refractivity contribution >= 4 is 5.71 Å². The van der Waals surface area contributed by atoms with E-state index in [4.69, 9.17) is 0 Å². The molecule has 0 rings (SSSR count). The zero-order valence-electron chi connectivity index (χ0n) is 6.09. The van der Waals surface area contributed by atoms with Gasteiger partial charge in [0, 0.05) is 11.9 Å². The monoisotopic (exact) mass is 123 g/mol. The Morgan fingerprint density at radius 1 is 1.67 bits per heavy atom. The number of aliphatic imine (C=N–C) groups is 1. The lowest BCUT2D eigenvalue weighted by Crippen LogP contribution is -1.78. The zero-order chi connectivity index (χ0) is 7.11. The van der Waals surface area contributed by atoms with Crippen molar-refractivity contribution in [2.75, 3.05) is 0 Å². The van der Waals surface area contributed by atoms with E-state index in [1.807, 2.05) is 13.0 Å². The molecular formula is C8H13N. The Bertz CT molecular complexity index is 132. The topological polar surface area (TPSA) is 12.4 Å². The highest BCUT2D eigenvalue weighted by molar-refractivity contribution is 5.92. The second-order valence-corrected chi connectivity index (χ2v) is 1.77. The van der Waals surface area contributed by atoms with Gasteiger partial charge in [-0.15, -0.1) is 0 Å².